The van der Waals surface area contributed by atoms with Crippen molar-refractivity contribution < 1.29 is 28.2 Å². The summed E-state index contributed by atoms with van der Waals surface area (Å²) in [6, 6.07) is 3.75. The zero-order valence-corrected chi connectivity index (χ0v) is 10.8. The topological polar surface area (TPSA) is 121 Å². The molecule has 0 aromatic heterocycles. The molecule has 0 aliphatic rings. The molecule has 0 spiro atoms. The third-order valence-electron chi connectivity index (χ3n) is 2.31. The first-order valence-electron chi connectivity index (χ1n) is 5.20. The van der Waals surface area contributed by atoms with Gasteiger partial charge in [-0.2, -0.15) is 0 Å². The SMILES string of the molecule is CS(=O)(=O)c1cccc(C(=O)NC(CO)C(=O)O)c1. The highest BCUT2D eigenvalue weighted by Gasteiger charge is 2.20. The number of nitrogens with one attached hydrogen (secondary N) is 1. The lowest BCUT2D eigenvalue weighted by Gasteiger charge is -2.11. The predicted molar refractivity (Wildman–Crippen MR) is 65.5 cm³/mol. The van der Waals surface area contributed by atoms with Gasteiger partial charge in [0.25, 0.3) is 5.91 Å². The maximum Gasteiger partial charge on any atom is 0.328 e. The Hall–Kier alpha value is -1.93. The van der Waals surface area contributed by atoms with Gasteiger partial charge in [-0.3, -0.25) is 4.79 Å². The monoisotopic (exact) mass is 287 g/mol. The Bertz CT molecular complexity index is 595. The zero-order chi connectivity index (χ0) is 14.6. The number of carboxylic acids is 1. The van der Waals surface area contributed by atoms with Crippen molar-refractivity contribution in [3.05, 3.63) is 29.8 Å². The highest BCUT2D eigenvalue weighted by molar-refractivity contribution is 7.90. The summed E-state index contributed by atoms with van der Waals surface area (Å²) in [5.41, 5.74) is 0.00243. The van der Waals surface area contributed by atoms with Crippen molar-refractivity contribution in [1.82, 2.24) is 5.32 Å². The Morgan fingerprint density at radius 3 is 2.47 bits per heavy atom. The third kappa shape index (κ3) is 4.04. The van der Waals surface area contributed by atoms with E-state index in [1.807, 2.05) is 0 Å². The number of carboxylic acid groups (broad SMARTS) is 1. The Morgan fingerprint density at radius 1 is 1.37 bits per heavy atom. The van der Waals surface area contributed by atoms with Crippen LogP contribution in [-0.2, 0) is 14.6 Å². The van der Waals surface area contributed by atoms with Gasteiger partial charge < -0.3 is 15.5 Å². The van der Waals surface area contributed by atoms with Gasteiger partial charge in [0.05, 0.1) is 11.5 Å². The second-order valence-corrected chi connectivity index (χ2v) is 5.86. The number of hydrogen-bond acceptors (Lipinski definition) is 5. The van der Waals surface area contributed by atoms with Crippen molar-refractivity contribution in [2.24, 2.45) is 0 Å². The van der Waals surface area contributed by atoms with Gasteiger partial charge in [0.1, 0.15) is 0 Å². The van der Waals surface area contributed by atoms with Crippen LogP contribution in [0, 0.1) is 0 Å². The molecular formula is C11H13NO6S. The summed E-state index contributed by atoms with van der Waals surface area (Å²) in [4.78, 5) is 22.3. The van der Waals surface area contributed by atoms with E-state index in [1.165, 1.54) is 18.2 Å². The van der Waals surface area contributed by atoms with Gasteiger partial charge in [-0.25, -0.2) is 13.2 Å². The fourth-order valence-electron chi connectivity index (χ4n) is 1.30. The molecule has 19 heavy (non-hydrogen) atoms. The smallest absolute Gasteiger partial charge is 0.328 e. The molecule has 7 nitrogen and oxygen atoms in total. The average Bonchev–Trinajstić information content (AvgIpc) is 2.34. The first-order valence-corrected chi connectivity index (χ1v) is 7.09. The summed E-state index contributed by atoms with van der Waals surface area (Å²) in [6.07, 6.45) is 0.998. The highest BCUT2D eigenvalue weighted by Crippen LogP contribution is 2.11. The molecule has 1 aromatic rings. The molecule has 0 fully saturated rings. The van der Waals surface area contributed by atoms with E-state index >= 15 is 0 Å². The van der Waals surface area contributed by atoms with Crippen molar-refractivity contribution in [2.75, 3.05) is 12.9 Å². The normalized spacial score (nSPS) is 12.7. The summed E-state index contributed by atoms with van der Waals surface area (Å²) < 4.78 is 22.7. The van der Waals surface area contributed by atoms with Crippen molar-refractivity contribution in [2.45, 2.75) is 10.9 Å². The molecule has 3 N–H and O–H groups in total. The van der Waals surface area contributed by atoms with Crippen LogP contribution in [0.1, 0.15) is 10.4 Å². The predicted octanol–water partition coefficient (Wildman–Crippen LogP) is -0.735. The molecule has 1 amide bonds. The molecule has 0 saturated heterocycles. The highest BCUT2D eigenvalue weighted by atomic mass is 32.2. The summed E-state index contributed by atoms with van der Waals surface area (Å²) in [6.45, 7) is -0.757. The minimum atomic E-state index is -3.45. The van der Waals surface area contributed by atoms with Crippen molar-refractivity contribution in [3.8, 4) is 0 Å². The van der Waals surface area contributed by atoms with Crippen molar-refractivity contribution in [1.29, 1.82) is 0 Å². The Balaban J connectivity index is 2.98. The van der Waals surface area contributed by atoms with Crippen LogP contribution in [0.2, 0.25) is 0 Å². The lowest BCUT2D eigenvalue weighted by atomic mass is 10.2. The van der Waals surface area contributed by atoms with Crippen molar-refractivity contribution >= 4 is 21.7 Å². The van der Waals surface area contributed by atoms with Gasteiger partial charge in [-0.05, 0) is 18.2 Å². The van der Waals surface area contributed by atoms with E-state index in [1.54, 1.807) is 0 Å². The molecule has 8 heteroatoms. The standard InChI is InChI=1S/C11H13NO6S/c1-19(17,18)8-4-2-3-7(5-8)10(14)12-9(6-13)11(15)16/h2-5,9,13H,6H2,1H3,(H,12,14)(H,15,16). The molecule has 0 radical (unpaired) electrons. The number of hydrogen-bond donors (Lipinski definition) is 3. The van der Waals surface area contributed by atoms with Crippen LogP contribution in [0.3, 0.4) is 0 Å². The summed E-state index contributed by atoms with van der Waals surface area (Å²) in [5, 5.41) is 19.5. The van der Waals surface area contributed by atoms with E-state index in [0.717, 1.165) is 12.3 Å². The van der Waals surface area contributed by atoms with E-state index < -0.39 is 34.4 Å². The Labute approximate surface area is 109 Å². The number of amides is 1. The van der Waals surface area contributed by atoms with E-state index in [9.17, 15) is 18.0 Å². The summed E-state index contributed by atoms with van der Waals surface area (Å²) in [5.74, 6) is -2.15. The number of rotatable bonds is 5. The molecule has 0 saturated carbocycles. The van der Waals surface area contributed by atoms with Crippen LogP contribution in [0.25, 0.3) is 0 Å². The molecule has 0 aliphatic heterocycles. The molecule has 1 aromatic carbocycles. The number of aliphatic hydroxyl groups is 1. The number of carbonyl (C=O) groups is 2. The molecule has 0 aliphatic carbocycles. The van der Waals surface area contributed by atoms with E-state index in [4.69, 9.17) is 10.2 Å². The van der Waals surface area contributed by atoms with Crippen LogP contribution in [0.5, 0.6) is 0 Å². The molecule has 1 atom stereocenters. The van der Waals surface area contributed by atoms with E-state index in [0.29, 0.717) is 0 Å². The molecule has 0 heterocycles. The zero-order valence-electron chi connectivity index (χ0n) is 10.0. The van der Waals surface area contributed by atoms with E-state index in [2.05, 4.69) is 5.32 Å². The fraction of sp³-hybridized carbons (Fsp3) is 0.273. The number of aliphatic carboxylic acids is 1. The molecule has 1 rings (SSSR count). The van der Waals surface area contributed by atoms with Crippen LogP contribution >= 0.6 is 0 Å². The van der Waals surface area contributed by atoms with Crippen LogP contribution < -0.4 is 5.32 Å². The second kappa shape index (κ2) is 5.81. The van der Waals surface area contributed by atoms with Crippen LogP contribution in [0.4, 0.5) is 0 Å². The van der Waals surface area contributed by atoms with Gasteiger partial charge in [0.2, 0.25) is 0 Å². The minimum Gasteiger partial charge on any atom is -0.480 e. The quantitative estimate of drug-likeness (QED) is 0.656. The first kappa shape index (κ1) is 15.1. The summed E-state index contributed by atoms with van der Waals surface area (Å²) in [7, 11) is -3.45. The molecule has 104 valence electrons. The van der Waals surface area contributed by atoms with Crippen molar-refractivity contribution in [3.63, 3.8) is 0 Å². The van der Waals surface area contributed by atoms with Crippen LogP contribution in [0.15, 0.2) is 29.2 Å². The maximum absolute atomic E-state index is 11.7. The molecule has 1 unspecified atom stereocenters. The van der Waals surface area contributed by atoms with Gasteiger partial charge in [0, 0.05) is 11.8 Å². The lowest BCUT2D eigenvalue weighted by Crippen LogP contribution is -2.43. The number of benzene rings is 1. The maximum atomic E-state index is 11.7. The van der Waals surface area contributed by atoms with Gasteiger partial charge in [-0.1, -0.05) is 6.07 Å². The largest absolute Gasteiger partial charge is 0.480 e. The molecule has 0 bridgehead atoms. The number of carbonyl (C=O) groups excluding carboxylic acids is 1. The lowest BCUT2D eigenvalue weighted by molar-refractivity contribution is -0.140. The Kier molecular flexibility index (Phi) is 4.62. The second-order valence-electron chi connectivity index (χ2n) is 3.85. The fourth-order valence-corrected chi connectivity index (χ4v) is 1.96. The Morgan fingerprint density at radius 2 is 2.00 bits per heavy atom. The number of aliphatic hydroxyl groups excluding tert-OH is 1. The van der Waals surface area contributed by atoms with E-state index in [-0.39, 0.29) is 10.5 Å². The minimum absolute atomic E-state index is 0.00243. The number of sulfone groups is 1. The first-order chi connectivity index (χ1) is 8.75. The van der Waals surface area contributed by atoms with Gasteiger partial charge in [0.15, 0.2) is 15.9 Å². The molecular weight excluding hydrogens is 274 g/mol. The average molecular weight is 287 g/mol. The third-order valence-corrected chi connectivity index (χ3v) is 3.42. The van der Waals surface area contributed by atoms with Crippen LogP contribution in [-0.4, -0.2) is 49.4 Å². The van der Waals surface area contributed by atoms with Gasteiger partial charge in [-0.15, -0.1) is 0 Å². The summed E-state index contributed by atoms with van der Waals surface area (Å²) >= 11 is 0. The van der Waals surface area contributed by atoms with Gasteiger partial charge >= 0.3 is 5.97 Å².